The summed E-state index contributed by atoms with van der Waals surface area (Å²) in [6.45, 7) is 7.30. The fraction of sp³-hybridized carbons (Fsp3) is 0.409. The van der Waals surface area contributed by atoms with E-state index in [0.29, 0.717) is 18.9 Å². The Morgan fingerprint density at radius 2 is 1.60 bits per heavy atom. The zero-order valence-electron chi connectivity index (χ0n) is 15.4. The molecule has 0 aliphatic carbocycles. The molecule has 0 aliphatic heterocycles. The molecule has 0 saturated heterocycles. The predicted octanol–water partition coefficient (Wildman–Crippen LogP) is 5.20. The molecule has 2 aromatic rings. The van der Waals surface area contributed by atoms with Gasteiger partial charge in [-0.2, -0.15) is 0 Å². The molecule has 0 spiro atoms. The molecule has 0 fully saturated rings. The summed E-state index contributed by atoms with van der Waals surface area (Å²) in [4.78, 5) is 12.0. The molecule has 2 atom stereocenters. The molecule has 0 radical (unpaired) electrons. The van der Waals surface area contributed by atoms with Crippen LogP contribution in [0, 0.1) is 5.92 Å². The zero-order chi connectivity index (χ0) is 18.1. The lowest BCUT2D eigenvalue weighted by atomic mass is 9.88. The van der Waals surface area contributed by atoms with Crippen LogP contribution in [0.1, 0.15) is 50.7 Å². The molecule has 0 aromatic heterocycles. The van der Waals surface area contributed by atoms with E-state index in [1.54, 1.807) is 0 Å². The quantitative estimate of drug-likeness (QED) is 0.589. The molecule has 0 saturated carbocycles. The first-order valence-corrected chi connectivity index (χ1v) is 9.07. The third-order valence-corrected chi connectivity index (χ3v) is 4.39. The largest absolute Gasteiger partial charge is 0.493 e. The SMILES string of the molecule is CCOC(=O)C[C@H](c1ccccc1)c1ccc(OC[C@@H](C)CC)cc1. The number of esters is 1. The number of carbonyl (C=O) groups is 1. The topological polar surface area (TPSA) is 35.5 Å². The fourth-order valence-corrected chi connectivity index (χ4v) is 2.65. The summed E-state index contributed by atoms with van der Waals surface area (Å²) in [5, 5.41) is 0. The van der Waals surface area contributed by atoms with Crippen molar-refractivity contribution < 1.29 is 14.3 Å². The standard InChI is InChI=1S/C22H28O3/c1-4-17(3)16-25-20-13-11-19(12-14-20)21(15-22(23)24-5-2)18-9-7-6-8-10-18/h6-14,17,21H,4-5,15-16H2,1-3H3/t17-,21+/m0/s1. The molecule has 0 amide bonds. The number of carbonyl (C=O) groups excluding carboxylic acids is 1. The molecule has 0 aliphatic rings. The van der Waals surface area contributed by atoms with Crippen molar-refractivity contribution in [3.8, 4) is 5.75 Å². The summed E-state index contributed by atoms with van der Waals surface area (Å²) in [6, 6.07) is 18.1. The van der Waals surface area contributed by atoms with Gasteiger partial charge in [0, 0.05) is 5.92 Å². The third-order valence-electron chi connectivity index (χ3n) is 4.39. The highest BCUT2D eigenvalue weighted by Crippen LogP contribution is 2.29. The molecule has 0 unspecified atom stereocenters. The van der Waals surface area contributed by atoms with Gasteiger partial charge >= 0.3 is 5.97 Å². The van der Waals surface area contributed by atoms with Gasteiger partial charge in [-0.1, -0.05) is 62.7 Å². The van der Waals surface area contributed by atoms with E-state index < -0.39 is 0 Å². The fourth-order valence-electron chi connectivity index (χ4n) is 2.65. The Labute approximate surface area is 151 Å². The van der Waals surface area contributed by atoms with E-state index >= 15 is 0 Å². The van der Waals surface area contributed by atoms with Crippen LogP contribution in [-0.2, 0) is 9.53 Å². The van der Waals surface area contributed by atoms with Gasteiger partial charge in [-0.05, 0) is 36.1 Å². The Morgan fingerprint density at radius 3 is 2.20 bits per heavy atom. The van der Waals surface area contributed by atoms with Crippen molar-refractivity contribution >= 4 is 5.97 Å². The normalized spacial score (nSPS) is 13.1. The second kappa shape index (κ2) is 9.87. The Balaban J connectivity index is 2.15. The molecule has 3 nitrogen and oxygen atoms in total. The molecule has 3 heteroatoms. The van der Waals surface area contributed by atoms with Crippen LogP contribution in [0.4, 0.5) is 0 Å². The van der Waals surface area contributed by atoms with Crippen molar-refractivity contribution in [3.05, 3.63) is 65.7 Å². The molecule has 0 N–H and O–H groups in total. The van der Waals surface area contributed by atoms with E-state index in [4.69, 9.17) is 9.47 Å². The maximum absolute atomic E-state index is 12.0. The minimum Gasteiger partial charge on any atom is -0.493 e. The first-order valence-electron chi connectivity index (χ1n) is 9.07. The van der Waals surface area contributed by atoms with Gasteiger partial charge in [0.15, 0.2) is 0 Å². The summed E-state index contributed by atoms with van der Waals surface area (Å²) < 4.78 is 11.0. The van der Waals surface area contributed by atoms with Crippen molar-refractivity contribution in [3.63, 3.8) is 0 Å². The van der Waals surface area contributed by atoms with Crippen molar-refractivity contribution in [1.29, 1.82) is 0 Å². The minimum absolute atomic E-state index is 0.0103. The van der Waals surface area contributed by atoms with Crippen LogP contribution < -0.4 is 4.74 Å². The average Bonchev–Trinajstić information content (AvgIpc) is 2.65. The van der Waals surface area contributed by atoms with Crippen LogP contribution in [0.25, 0.3) is 0 Å². The Bertz CT molecular complexity index is 634. The van der Waals surface area contributed by atoms with Crippen LogP contribution in [0.5, 0.6) is 5.75 Å². The summed E-state index contributed by atoms with van der Waals surface area (Å²) in [7, 11) is 0. The summed E-state index contributed by atoms with van der Waals surface area (Å²) >= 11 is 0. The van der Waals surface area contributed by atoms with E-state index in [0.717, 1.165) is 29.9 Å². The van der Waals surface area contributed by atoms with E-state index in [1.165, 1.54) is 0 Å². The molecule has 2 rings (SSSR count). The Hall–Kier alpha value is -2.29. The van der Waals surface area contributed by atoms with Gasteiger partial charge in [0.1, 0.15) is 5.75 Å². The lowest BCUT2D eigenvalue weighted by molar-refractivity contribution is -0.143. The Kier molecular flexibility index (Phi) is 7.52. The first kappa shape index (κ1) is 19.0. The molecule has 134 valence electrons. The Morgan fingerprint density at radius 1 is 0.960 bits per heavy atom. The number of ether oxygens (including phenoxy) is 2. The van der Waals surface area contributed by atoms with Crippen molar-refractivity contribution in [1.82, 2.24) is 0 Å². The van der Waals surface area contributed by atoms with E-state index in [2.05, 4.69) is 26.0 Å². The van der Waals surface area contributed by atoms with E-state index in [9.17, 15) is 4.79 Å². The van der Waals surface area contributed by atoms with E-state index in [-0.39, 0.29) is 11.9 Å². The molecular formula is C22H28O3. The second-order valence-corrected chi connectivity index (χ2v) is 6.37. The highest BCUT2D eigenvalue weighted by Gasteiger charge is 2.19. The number of hydrogen-bond acceptors (Lipinski definition) is 3. The van der Waals surface area contributed by atoms with Crippen molar-refractivity contribution in [2.75, 3.05) is 13.2 Å². The van der Waals surface area contributed by atoms with Gasteiger partial charge in [0.05, 0.1) is 19.6 Å². The number of benzene rings is 2. The van der Waals surface area contributed by atoms with Crippen LogP contribution >= 0.6 is 0 Å². The molecule has 25 heavy (non-hydrogen) atoms. The van der Waals surface area contributed by atoms with Crippen molar-refractivity contribution in [2.45, 2.75) is 39.5 Å². The average molecular weight is 340 g/mol. The minimum atomic E-state index is -0.173. The van der Waals surface area contributed by atoms with Crippen LogP contribution in [0.2, 0.25) is 0 Å². The molecule has 0 bridgehead atoms. The number of hydrogen-bond donors (Lipinski definition) is 0. The lowest BCUT2D eigenvalue weighted by Gasteiger charge is -2.18. The van der Waals surface area contributed by atoms with E-state index in [1.807, 2.05) is 49.4 Å². The second-order valence-electron chi connectivity index (χ2n) is 6.37. The zero-order valence-corrected chi connectivity index (χ0v) is 15.4. The predicted molar refractivity (Wildman–Crippen MR) is 101 cm³/mol. The van der Waals surface area contributed by atoms with Crippen LogP contribution in [0.3, 0.4) is 0 Å². The van der Waals surface area contributed by atoms with Crippen molar-refractivity contribution in [2.24, 2.45) is 5.92 Å². The van der Waals surface area contributed by atoms with Gasteiger partial charge in [-0.15, -0.1) is 0 Å². The van der Waals surface area contributed by atoms with Gasteiger partial charge in [0.25, 0.3) is 0 Å². The van der Waals surface area contributed by atoms with Gasteiger partial charge in [0.2, 0.25) is 0 Å². The maximum Gasteiger partial charge on any atom is 0.306 e. The third kappa shape index (κ3) is 5.93. The highest BCUT2D eigenvalue weighted by molar-refractivity contribution is 5.71. The highest BCUT2D eigenvalue weighted by atomic mass is 16.5. The molecule has 0 heterocycles. The lowest BCUT2D eigenvalue weighted by Crippen LogP contribution is -2.12. The smallest absolute Gasteiger partial charge is 0.306 e. The van der Waals surface area contributed by atoms with Crippen LogP contribution in [-0.4, -0.2) is 19.2 Å². The first-order chi connectivity index (χ1) is 12.1. The molecular weight excluding hydrogens is 312 g/mol. The van der Waals surface area contributed by atoms with Gasteiger partial charge in [-0.25, -0.2) is 0 Å². The van der Waals surface area contributed by atoms with Gasteiger partial charge in [-0.3, -0.25) is 4.79 Å². The monoisotopic (exact) mass is 340 g/mol. The summed E-state index contributed by atoms with van der Waals surface area (Å²) in [5.74, 6) is 1.23. The molecule has 2 aromatic carbocycles. The van der Waals surface area contributed by atoms with Gasteiger partial charge < -0.3 is 9.47 Å². The van der Waals surface area contributed by atoms with Crippen LogP contribution in [0.15, 0.2) is 54.6 Å². The summed E-state index contributed by atoms with van der Waals surface area (Å²) in [6.07, 6.45) is 1.44. The summed E-state index contributed by atoms with van der Waals surface area (Å²) in [5.41, 5.74) is 2.21. The maximum atomic E-state index is 12.0. The number of rotatable bonds is 9.